The number of aryl methyl sites for hydroxylation is 2. The highest BCUT2D eigenvalue weighted by Gasteiger charge is 2.42. The van der Waals surface area contributed by atoms with Crippen LogP contribution in [0.5, 0.6) is 5.88 Å². The number of rotatable bonds is 9. The van der Waals surface area contributed by atoms with Crippen LogP contribution >= 0.6 is 15.9 Å². The highest BCUT2D eigenvalue weighted by molar-refractivity contribution is 9.10. The molecule has 0 atom stereocenters. The number of hydrogen-bond acceptors (Lipinski definition) is 7. The molecule has 4 aromatic rings. The van der Waals surface area contributed by atoms with Crippen LogP contribution in [0, 0.1) is 5.41 Å². The predicted octanol–water partition coefficient (Wildman–Crippen LogP) is 3.91. The van der Waals surface area contributed by atoms with Gasteiger partial charge in [-0.2, -0.15) is 5.10 Å². The Labute approximate surface area is 222 Å². The minimum atomic E-state index is -0.517. The van der Waals surface area contributed by atoms with Gasteiger partial charge >= 0.3 is 5.97 Å². The standard InChI is InChI=1S/C26H29BrN6O4/c1-31-14-16(24(35)36-3)11-18(22(31)34)19-13-29-32(2)23(19)37-10-4-7-26(8-9-26)15-33-21-12-17(27)5-6-20(21)30-25(33)28/h5-6,11-14H,4,7-10,15H2,1-3H3,(H2,28,30). The third-order valence-corrected chi connectivity index (χ3v) is 7.55. The summed E-state index contributed by atoms with van der Waals surface area (Å²) in [6.07, 6.45) is 7.12. The van der Waals surface area contributed by atoms with Gasteiger partial charge in [0, 0.05) is 31.3 Å². The first-order valence-corrected chi connectivity index (χ1v) is 12.9. The lowest BCUT2D eigenvalue weighted by Crippen LogP contribution is -2.20. The Morgan fingerprint density at radius 1 is 1.22 bits per heavy atom. The van der Waals surface area contributed by atoms with E-state index in [9.17, 15) is 9.59 Å². The number of aromatic nitrogens is 5. The second-order valence-electron chi connectivity index (χ2n) is 9.68. The number of anilines is 1. The van der Waals surface area contributed by atoms with Gasteiger partial charge in [0.1, 0.15) is 0 Å². The fourth-order valence-corrected chi connectivity index (χ4v) is 5.16. The van der Waals surface area contributed by atoms with E-state index in [0.29, 0.717) is 29.6 Å². The zero-order valence-corrected chi connectivity index (χ0v) is 22.6. The molecule has 11 heteroatoms. The van der Waals surface area contributed by atoms with Crippen LogP contribution in [-0.2, 0) is 25.4 Å². The van der Waals surface area contributed by atoms with Gasteiger partial charge in [0.25, 0.3) is 5.56 Å². The number of pyridine rings is 1. The van der Waals surface area contributed by atoms with Crippen molar-refractivity contribution in [3.63, 3.8) is 0 Å². The summed E-state index contributed by atoms with van der Waals surface area (Å²) in [7, 11) is 4.67. The van der Waals surface area contributed by atoms with E-state index in [-0.39, 0.29) is 16.5 Å². The van der Waals surface area contributed by atoms with Crippen LogP contribution in [-0.4, -0.2) is 43.6 Å². The summed E-state index contributed by atoms with van der Waals surface area (Å²) in [6, 6.07) is 7.52. The number of carbonyl (C=O) groups is 1. The molecule has 37 heavy (non-hydrogen) atoms. The van der Waals surface area contributed by atoms with Crippen LogP contribution in [0.1, 0.15) is 36.0 Å². The van der Waals surface area contributed by atoms with Gasteiger partial charge in [0.05, 0.1) is 47.6 Å². The second-order valence-corrected chi connectivity index (χ2v) is 10.6. The molecule has 1 aromatic carbocycles. The lowest BCUT2D eigenvalue weighted by atomic mass is 10.0. The number of carbonyl (C=O) groups excluding carboxylic acids is 1. The molecule has 1 fully saturated rings. The topological polar surface area (TPSA) is 119 Å². The lowest BCUT2D eigenvalue weighted by molar-refractivity contribution is 0.0599. The average molecular weight is 569 g/mol. The molecule has 0 spiro atoms. The third-order valence-electron chi connectivity index (χ3n) is 7.06. The van der Waals surface area contributed by atoms with Gasteiger partial charge in [-0.15, -0.1) is 0 Å². The van der Waals surface area contributed by atoms with Crippen LogP contribution in [0.15, 0.2) is 45.9 Å². The maximum atomic E-state index is 12.9. The maximum Gasteiger partial charge on any atom is 0.339 e. The monoisotopic (exact) mass is 568 g/mol. The maximum absolute atomic E-state index is 12.9. The van der Waals surface area contributed by atoms with E-state index >= 15 is 0 Å². The molecule has 1 aliphatic rings. The van der Waals surface area contributed by atoms with E-state index < -0.39 is 5.97 Å². The van der Waals surface area contributed by atoms with Crippen molar-refractivity contribution >= 4 is 38.9 Å². The van der Waals surface area contributed by atoms with E-state index in [0.717, 1.165) is 47.7 Å². The van der Waals surface area contributed by atoms with Crippen LogP contribution in [0.3, 0.4) is 0 Å². The fraction of sp³-hybridized carbons (Fsp3) is 0.385. The quantitative estimate of drug-likeness (QED) is 0.240. The first-order valence-electron chi connectivity index (χ1n) is 12.1. The predicted molar refractivity (Wildman–Crippen MR) is 143 cm³/mol. The fourth-order valence-electron chi connectivity index (χ4n) is 4.81. The molecule has 3 heterocycles. The Balaban J connectivity index is 1.28. The third kappa shape index (κ3) is 4.87. The van der Waals surface area contributed by atoms with Gasteiger partial charge in [0.2, 0.25) is 11.8 Å². The molecule has 1 aliphatic carbocycles. The minimum Gasteiger partial charge on any atom is -0.477 e. The number of nitrogens with two attached hydrogens (primary N) is 1. The number of halogens is 1. The van der Waals surface area contributed by atoms with Crippen molar-refractivity contribution in [3.05, 3.63) is 57.0 Å². The minimum absolute atomic E-state index is 0.174. The number of hydrogen-bond donors (Lipinski definition) is 1. The van der Waals surface area contributed by atoms with Crippen LogP contribution < -0.4 is 16.0 Å². The van der Waals surface area contributed by atoms with Crippen LogP contribution in [0.25, 0.3) is 22.2 Å². The molecule has 0 amide bonds. The lowest BCUT2D eigenvalue weighted by Gasteiger charge is -2.18. The van der Waals surface area contributed by atoms with Crippen LogP contribution in [0.2, 0.25) is 0 Å². The highest BCUT2D eigenvalue weighted by atomic mass is 79.9. The normalized spacial score (nSPS) is 14.2. The van der Waals surface area contributed by atoms with Crippen molar-refractivity contribution in [2.45, 2.75) is 32.2 Å². The number of esters is 1. The van der Waals surface area contributed by atoms with Gasteiger partial charge in [0.15, 0.2) is 0 Å². The first kappa shape index (κ1) is 25.1. The van der Waals surface area contributed by atoms with Crippen molar-refractivity contribution in [1.29, 1.82) is 0 Å². The molecule has 194 valence electrons. The molecule has 0 unspecified atom stereocenters. The number of benzene rings is 1. The van der Waals surface area contributed by atoms with Gasteiger partial charge < -0.3 is 24.3 Å². The van der Waals surface area contributed by atoms with Crippen molar-refractivity contribution in [2.75, 3.05) is 19.5 Å². The number of fused-ring (bicyclic) bond motifs is 1. The molecule has 0 saturated heterocycles. The number of methoxy groups -OCH3 is 1. The molecule has 10 nitrogen and oxygen atoms in total. The van der Waals surface area contributed by atoms with E-state index in [1.54, 1.807) is 25.0 Å². The molecular formula is C26H29BrN6O4. The van der Waals surface area contributed by atoms with Crippen LogP contribution in [0.4, 0.5) is 5.95 Å². The summed E-state index contributed by atoms with van der Waals surface area (Å²) >= 11 is 3.54. The Morgan fingerprint density at radius 3 is 2.73 bits per heavy atom. The van der Waals surface area contributed by atoms with E-state index in [1.807, 2.05) is 12.1 Å². The molecule has 1 saturated carbocycles. The van der Waals surface area contributed by atoms with Crippen molar-refractivity contribution in [3.8, 4) is 17.0 Å². The summed E-state index contributed by atoms with van der Waals surface area (Å²) in [5.74, 6) is 0.501. The van der Waals surface area contributed by atoms with Gasteiger partial charge in [-0.3, -0.25) is 4.79 Å². The Hall–Kier alpha value is -3.60. The van der Waals surface area contributed by atoms with Crippen molar-refractivity contribution in [1.82, 2.24) is 23.9 Å². The Morgan fingerprint density at radius 2 is 2.00 bits per heavy atom. The summed E-state index contributed by atoms with van der Waals surface area (Å²) in [5.41, 5.74) is 9.26. The number of imidazole rings is 1. The zero-order chi connectivity index (χ0) is 26.3. The van der Waals surface area contributed by atoms with E-state index in [4.69, 9.17) is 15.2 Å². The van der Waals surface area contributed by atoms with Crippen molar-refractivity contribution in [2.24, 2.45) is 19.5 Å². The summed E-state index contributed by atoms with van der Waals surface area (Å²) in [4.78, 5) is 29.4. The largest absolute Gasteiger partial charge is 0.477 e. The summed E-state index contributed by atoms with van der Waals surface area (Å²) in [6.45, 7) is 1.29. The highest BCUT2D eigenvalue weighted by Crippen LogP contribution is 2.51. The second kappa shape index (κ2) is 9.70. The smallest absolute Gasteiger partial charge is 0.339 e. The summed E-state index contributed by atoms with van der Waals surface area (Å²) in [5, 5.41) is 4.29. The van der Waals surface area contributed by atoms with E-state index in [1.165, 1.54) is 23.9 Å². The zero-order valence-electron chi connectivity index (χ0n) is 21.0. The number of nitrogens with zero attached hydrogens (tertiary/aromatic N) is 5. The average Bonchev–Trinajstić information content (AvgIpc) is 3.46. The number of nitrogen functional groups attached to an aromatic ring is 1. The number of ether oxygens (including phenoxy) is 2. The molecule has 0 bridgehead atoms. The van der Waals surface area contributed by atoms with E-state index in [2.05, 4.69) is 36.6 Å². The molecular weight excluding hydrogens is 540 g/mol. The van der Waals surface area contributed by atoms with Gasteiger partial charge in [-0.1, -0.05) is 15.9 Å². The Bertz CT molecular complexity index is 1550. The molecule has 2 N–H and O–H groups in total. The molecule has 5 rings (SSSR count). The SMILES string of the molecule is COC(=O)c1cc(-c2cnn(C)c2OCCCC2(Cn3c(N)nc4ccc(Br)cc43)CC2)c(=O)n(C)c1. The Kier molecular flexibility index (Phi) is 6.57. The molecule has 0 radical (unpaired) electrons. The molecule has 3 aromatic heterocycles. The van der Waals surface area contributed by atoms with Gasteiger partial charge in [-0.25, -0.2) is 14.5 Å². The van der Waals surface area contributed by atoms with Gasteiger partial charge in [-0.05, 0) is 55.4 Å². The summed E-state index contributed by atoms with van der Waals surface area (Å²) < 4.78 is 17.0. The van der Waals surface area contributed by atoms with Crippen molar-refractivity contribution < 1.29 is 14.3 Å². The molecule has 0 aliphatic heterocycles. The first-order chi connectivity index (χ1) is 17.7.